The summed E-state index contributed by atoms with van der Waals surface area (Å²) in [6.45, 7) is 4.44. The standard InChI is InChI=1S/C17H18N2O2/c1-3-17(20)13-5-7-14(8-6-13)18-19-15-9-11-16(12-10-15)21-4-2/h5-12H,3-4H2,1-2H3. The number of carbonyl (C=O) groups excluding carboxylic acids is 1. The van der Waals surface area contributed by atoms with Gasteiger partial charge in [0, 0.05) is 12.0 Å². The van der Waals surface area contributed by atoms with E-state index in [0.717, 1.165) is 17.1 Å². The van der Waals surface area contributed by atoms with Crippen LogP contribution in [0.15, 0.2) is 58.8 Å². The van der Waals surface area contributed by atoms with Crippen molar-refractivity contribution in [1.82, 2.24) is 0 Å². The summed E-state index contributed by atoms with van der Waals surface area (Å²) in [6, 6.07) is 14.6. The Morgan fingerprint density at radius 2 is 1.43 bits per heavy atom. The molecule has 0 atom stereocenters. The first-order valence-electron chi connectivity index (χ1n) is 7.00. The van der Waals surface area contributed by atoms with Gasteiger partial charge in [-0.05, 0) is 55.5 Å². The fourth-order valence-electron chi connectivity index (χ4n) is 1.81. The van der Waals surface area contributed by atoms with E-state index in [2.05, 4.69) is 10.2 Å². The quantitative estimate of drug-likeness (QED) is 0.547. The first-order valence-corrected chi connectivity index (χ1v) is 7.00. The molecule has 0 heterocycles. The zero-order valence-electron chi connectivity index (χ0n) is 12.2. The number of hydrogen-bond donors (Lipinski definition) is 0. The predicted molar refractivity (Wildman–Crippen MR) is 82.9 cm³/mol. The summed E-state index contributed by atoms with van der Waals surface area (Å²) in [5, 5.41) is 8.31. The van der Waals surface area contributed by atoms with Gasteiger partial charge in [-0.15, -0.1) is 0 Å². The van der Waals surface area contributed by atoms with Gasteiger partial charge in [0.25, 0.3) is 0 Å². The molecule has 2 aromatic carbocycles. The minimum atomic E-state index is 0.130. The van der Waals surface area contributed by atoms with Crippen LogP contribution in [0.1, 0.15) is 30.6 Å². The van der Waals surface area contributed by atoms with Crippen molar-refractivity contribution in [2.24, 2.45) is 10.2 Å². The Bertz CT molecular complexity index is 616. The molecule has 4 nitrogen and oxygen atoms in total. The first kappa shape index (κ1) is 14.9. The lowest BCUT2D eigenvalue weighted by atomic mass is 10.1. The summed E-state index contributed by atoms with van der Waals surface area (Å²) >= 11 is 0. The molecular weight excluding hydrogens is 264 g/mol. The lowest BCUT2D eigenvalue weighted by molar-refractivity contribution is 0.0988. The van der Waals surface area contributed by atoms with Crippen molar-refractivity contribution >= 4 is 17.2 Å². The first-order chi connectivity index (χ1) is 10.2. The van der Waals surface area contributed by atoms with Gasteiger partial charge in [0.2, 0.25) is 0 Å². The number of rotatable bonds is 6. The van der Waals surface area contributed by atoms with Crippen LogP contribution in [0.2, 0.25) is 0 Å². The summed E-state index contributed by atoms with van der Waals surface area (Å²) in [4.78, 5) is 11.5. The van der Waals surface area contributed by atoms with Crippen LogP contribution >= 0.6 is 0 Å². The minimum Gasteiger partial charge on any atom is -0.494 e. The maximum atomic E-state index is 11.5. The van der Waals surface area contributed by atoms with Crippen molar-refractivity contribution in [2.45, 2.75) is 20.3 Å². The van der Waals surface area contributed by atoms with Crippen LogP contribution in [-0.2, 0) is 0 Å². The second-order valence-corrected chi connectivity index (χ2v) is 4.45. The monoisotopic (exact) mass is 282 g/mol. The highest BCUT2D eigenvalue weighted by atomic mass is 16.5. The van der Waals surface area contributed by atoms with Crippen molar-refractivity contribution in [1.29, 1.82) is 0 Å². The summed E-state index contributed by atoms with van der Waals surface area (Å²) in [6.07, 6.45) is 0.507. The third-order valence-electron chi connectivity index (χ3n) is 2.94. The smallest absolute Gasteiger partial charge is 0.162 e. The van der Waals surface area contributed by atoms with Crippen molar-refractivity contribution in [2.75, 3.05) is 6.61 Å². The second-order valence-electron chi connectivity index (χ2n) is 4.45. The number of hydrogen-bond acceptors (Lipinski definition) is 4. The van der Waals surface area contributed by atoms with Crippen molar-refractivity contribution in [3.8, 4) is 5.75 Å². The second kappa shape index (κ2) is 7.33. The molecule has 4 heteroatoms. The zero-order chi connectivity index (χ0) is 15.1. The fourth-order valence-corrected chi connectivity index (χ4v) is 1.81. The largest absolute Gasteiger partial charge is 0.494 e. The molecule has 0 aliphatic rings. The van der Waals surface area contributed by atoms with E-state index in [1.165, 1.54) is 0 Å². The van der Waals surface area contributed by atoms with Gasteiger partial charge < -0.3 is 4.74 Å². The van der Waals surface area contributed by atoms with Gasteiger partial charge in [-0.25, -0.2) is 0 Å². The molecule has 0 fully saturated rings. The molecular formula is C17H18N2O2. The Morgan fingerprint density at radius 1 is 0.905 bits per heavy atom. The lowest BCUT2D eigenvalue weighted by Gasteiger charge is -2.01. The molecule has 0 radical (unpaired) electrons. The molecule has 2 rings (SSSR count). The molecule has 0 aliphatic heterocycles. The van der Waals surface area contributed by atoms with Crippen LogP contribution in [0.4, 0.5) is 11.4 Å². The molecule has 0 spiro atoms. The summed E-state index contributed by atoms with van der Waals surface area (Å²) in [5.41, 5.74) is 2.18. The van der Waals surface area contributed by atoms with Gasteiger partial charge in [-0.2, -0.15) is 10.2 Å². The molecule has 2 aromatic rings. The molecule has 0 unspecified atom stereocenters. The number of nitrogens with zero attached hydrogens (tertiary/aromatic N) is 2. The number of carbonyl (C=O) groups is 1. The maximum absolute atomic E-state index is 11.5. The van der Waals surface area contributed by atoms with Crippen LogP contribution < -0.4 is 4.74 Å². The minimum absolute atomic E-state index is 0.130. The van der Waals surface area contributed by atoms with E-state index in [9.17, 15) is 4.79 Å². The Hall–Kier alpha value is -2.49. The van der Waals surface area contributed by atoms with Crippen molar-refractivity contribution in [3.05, 3.63) is 54.1 Å². The van der Waals surface area contributed by atoms with Crippen LogP contribution in [-0.4, -0.2) is 12.4 Å². The van der Waals surface area contributed by atoms with Gasteiger partial charge in [0.15, 0.2) is 5.78 Å². The van der Waals surface area contributed by atoms with Gasteiger partial charge in [-0.3, -0.25) is 4.79 Å². The molecule has 0 aromatic heterocycles. The maximum Gasteiger partial charge on any atom is 0.162 e. The highest BCUT2D eigenvalue weighted by Crippen LogP contribution is 2.21. The van der Waals surface area contributed by atoms with Gasteiger partial charge in [0.05, 0.1) is 18.0 Å². The third kappa shape index (κ3) is 4.24. The Kier molecular flexibility index (Phi) is 5.21. The van der Waals surface area contributed by atoms with Crippen LogP contribution in [0.3, 0.4) is 0 Å². The Labute approximate surface area is 124 Å². The van der Waals surface area contributed by atoms with E-state index >= 15 is 0 Å². The van der Waals surface area contributed by atoms with Crippen molar-refractivity contribution < 1.29 is 9.53 Å². The van der Waals surface area contributed by atoms with E-state index in [1.54, 1.807) is 24.3 Å². The molecule has 0 aliphatic carbocycles. The average Bonchev–Trinajstić information content (AvgIpc) is 2.54. The van der Waals surface area contributed by atoms with Gasteiger partial charge in [-0.1, -0.05) is 6.92 Å². The number of benzene rings is 2. The van der Waals surface area contributed by atoms with E-state index in [1.807, 2.05) is 38.1 Å². The summed E-state index contributed by atoms with van der Waals surface area (Å²) < 4.78 is 5.37. The summed E-state index contributed by atoms with van der Waals surface area (Å²) in [5.74, 6) is 0.948. The Balaban J connectivity index is 2.05. The summed E-state index contributed by atoms with van der Waals surface area (Å²) in [7, 11) is 0. The predicted octanol–water partition coefficient (Wildman–Crippen LogP) is 5.09. The molecule has 21 heavy (non-hydrogen) atoms. The number of Topliss-reactive ketones (excluding diaryl/α,β-unsaturated/α-hetero) is 1. The van der Waals surface area contributed by atoms with Crippen LogP contribution in [0.25, 0.3) is 0 Å². The SMILES string of the molecule is CCOc1ccc(N=Nc2ccc(C(=O)CC)cc2)cc1. The average molecular weight is 282 g/mol. The van der Waals surface area contributed by atoms with Crippen LogP contribution in [0.5, 0.6) is 5.75 Å². The number of ketones is 1. The number of ether oxygens (including phenoxy) is 1. The number of azo groups is 1. The third-order valence-corrected chi connectivity index (χ3v) is 2.94. The molecule has 0 amide bonds. The molecule has 0 saturated heterocycles. The topological polar surface area (TPSA) is 51.0 Å². The zero-order valence-corrected chi connectivity index (χ0v) is 12.2. The molecule has 0 bridgehead atoms. The van der Waals surface area contributed by atoms with E-state index in [-0.39, 0.29) is 5.78 Å². The van der Waals surface area contributed by atoms with E-state index in [4.69, 9.17) is 4.74 Å². The highest BCUT2D eigenvalue weighted by Gasteiger charge is 2.01. The van der Waals surface area contributed by atoms with Gasteiger partial charge in [0.1, 0.15) is 5.75 Å². The lowest BCUT2D eigenvalue weighted by Crippen LogP contribution is -1.94. The molecule has 0 saturated carbocycles. The normalized spacial score (nSPS) is 10.8. The van der Waals surface area contributed by atoms with Crippen molar-refractivity contribution in [3.63, 3.8) is 0 Å². The Morgan fingerprint density at radius 3 is 1.90 bits per heavy atom. The van der Waals surface area contributed by atoms with E-state index < -0.39 is 0 Å². The van der Waals surface area contributed by atoms with E-state index in [0.29, 0.717) is 18.6 Å². The molecule has 108 valence electrons. The van der Waals surface area contributed by atoms with Crippen LogP contribution in [0, 0.1) is 0 Å². The fraction of sp³-hybridized carbons (Fsp3) is 0.235. The highest BCUT2D eigenvalue weighted by molar-refractivity contribution is 5.96. The molecule has 0 N–H and O–H groups in total. The van der Waals surface area contributed by atoms with Gasteiger partial charge >= 0.3 is 0 Å².